The molecule has 24 heavy (non-hydrogen) atoms. The zero-order chi connectivity index (χ0) is 17.1. The van der Waals surface area contributed by atoms with Crippen LogP contribution in [-0.4, -0.2) is 15.2 Å². The van der Waals surface area contributed by atoms with Gasteiger partial charge in [0.15, 0.2) is 5.82 Å². The summed E-state index contributed by atoms with van der Waals surface area (Å²) in [5.41, 5.74) is 4.99. The monoisotopic (exact) mass is 323 g/mol. The van der Waals surface area contributed by atoms with Gasteiger partial charge in [0.2, 0.25) is 5.95 Å². The number of anilines is 4. The zero-order valence-electron chi connectivity index (χ0n) is 13.8. The van der Waals surface area contributed by atoms with Gasteiger partial charge in [-0.15, -0.1) is 5.10 Å². The number of nitrogens with one attached hydrogen (secondary N) is 2. The standard InChI is InChI=1S/C18H18FN5/c1-11-7-12(2)17(13(3)8-11)23-18-22-16(10-20-24-18)21-15-6-4-5-14(19)9-15/h4-10H,1-3H3,(H2,21,22,23,24). The van der Waals surface area contributed by atoms with Crippen molar-refractivity contribution in [3.63, 3.8) is 0 Å². The third-order valence-electron chi connectivity index (χ3n) is 3.57. The van der Waals surface area contributed by atoms with Crippen molar-refractivity contribution in [3.05, 3.63) is 65.1 Å². The number of benzene rings is 2. The van der Waals surface area contributed by atoms with Crippen molar-refractivity contribution < 1.29 is 4.39 Å². The minimum absolute atomic E-state index is 0.314. The van der Waals surface area contributed by atoms with Crippen LogP contribution in [0.5, 0.6) is 0 Å². The molecule has 122 valence electrons. The number of hydrogen-bond donors (Lipinski definition) is 2. The summed E-state index contributed by atoms with van der Waals surface area (Å²) in [6.45, 7) is 6.13. The van der Waals surface area contributed by atoms with Crippen LogP contribution in [0.4, 0.5) is 27.5 Å². The Kier molecular flexibility index (Phi) is 4.37. The highest BCUT2D eigenvalue weighted by atomic mass is 19.1. The fourth-order valence-corrected chi connectivity index (χ4v) is 2.62. The Morgan fingerprint density at radius 3 is 2.42 bits per heavy atom. The molecule has 3 rings (SSSR count). The summed E-state index contributed by atoms with van der Waals surface area (Å²) in [5, 5.41) is 14.2. The van der Waals surface area contributed by atoms with Crippen LogP contribution in [0.25, 0.3) is 0 Å². The summed E-state index contributed by atoms with van der Waals surface area (Å²) in [5.74, 6) is 0.554. The number of hydrogen-bond acceptors (Lipinski definition) is 5. The molecule has 0 spiro atoms. The van der Waals surface area contributed by atoms with Crippen LogP contribution in [0.3, 0.4) is 0 Å². The Hall–Kier alpha value is -3.02. The quantitative estimate of drug-likeness (QED) is 0.744. The highest BCUT2D eigenvalue weighted by molar-refractivity contribution is 5.64. The number of aryl methyl sites for hydroxylation is 3. The molecule has 0 radical (unpaired) electrons. The summed E-state index contributed by atoms with van der Waals surface area (Å²) < 4.78 is 13.3. The van der Waals surface area contributed by atoms with Crippen molar-refractivity contribution in [2.24, 2.45) is 0 Å². The fraction of sp³-hybridized carbons (Fsp3) is 0.167. The first kappa shape index (κ1) is 15.9. The molecule has 5 nitrogen and oxygen atoms in total. The average Bonchev–Trinajstić information content (AvgIpc) is 2.51. The number of aromatic nitrogens is 3. The van der Waals surface area contributed by atoms with E-state index < -0.39 is 0 Å². The normalized spacial score (nSPS) is 10.5. The minimum atomic E-state index is -0.314. The predicted octanol–water partition coefficient (Wildman–Crippen LogP) is 4.42. The summed E-state index contributed by atoms with van der Waals surface area (Å²) in [4.78, 5) is 4.38. The van der Waals surface area contributed by atoms with Gasteiger partial charge < -0.3 is 10.6 Å². The van der Waals surface area contributed by atoms with Crippen molar-refractivity contribution in [1.82, 2.24) is 15.2 Å². The summed E-state index contributed by atoms with van der Waals surface area (Å²) in [6, 6.07) is 10.4. The van der Waals surface area contributed by atoms with Gasteiger partial charge in [-0.25, -0.2) is 4.39 Å². The molecule has 6 heteroatoms. The molecule has 0 atom stereocenters. The van der Waals surface area contributed by atoms with Crippen LogP contribution in [0, 0.1) is 26.6 Å². The Labute approximate surface area is 140 Å². The Balaban J connectivity index is 1.83. The lowest BCUT2D eigenvalue weighted by Crippen LogP contribution is -2.04. The summed E-state index contributed by atoms with van der Waals surface area (Å²) in [7, 11) is 0. The summed E-state index contributed by atoms with van der Waals surface area (Å²) >= 11 is 0. The van der Waals surface area contributed by atoms with E-state index in [1.165, 1.54) is 23.9 Å². The number of halogens is 1. The molecule has 0 aliphatic rings. The number of nitrogens with zero attached hydrogens (tertiary/aromatic N) is 3. The lowest BCUT2D eigenvalue weighted by atomic mass is 10.1. The van der Waals surface area contributed by atoms with Gasteiger partial charge in [0.1, 0.15) is 5.82 Å². The van der Waals surface area contributed by atoms with E-state index in [9.17, 15) is 4.39 Å². The van der Waals surface area contributed by atoms with E-state index in [0.717, 1.165) is 16.8 Å². The first-order valence-corrected chi connectivity index (χ1v) is 7.58. The molecule has 0 aliphatic heterocycles. The largest absolute Gasteiger partial charge is 0.339 e. The topological polar surface area (TPSA) is 62.7 Å². The zero-order valence-corrected chi connectivity index (χ0v) is 13.8. The number of rotatable bonds is 4. The summed E-state index contributed by atoms with van der Waals surface area (Å²) in [6.07, 6.45) is 1.49. The van der Waals surface area contributed by atoms with Gasteiger partial charge in [-0.05, 0) is 50.1 Å². The van der Waals surface area contributed by atoms with Crippen LogP contribution in [0.15, 0.2) is 42.6 Å². The second kappa shape index (κ2) is 6.62. The highest BCUT2D eigenvalue weighted by Gasteiger charge is 2.07. The van der Waals surface area contributed by atoms with Gasteiger partial charge in [-0.1, -0.05) is 23.8 Å². The molecule has 3 aromatic rings. The molecular weight excluding hydrogens is 305 g/mol. The first-order chi connectivity index (χ1) is 11.5. The van der Waals surface area contributed by atoms with Gasteiger partial charge in [0.25, 0.3) is 0 Å². The maximum Gasteiger partial charge on any atom is 0.249 e. The predicted molar refractivity (Wildman–Crippen MR) is 93.4 cm³/mol. The molecular formula is C18H18FN5. The SMILES string of the molecule is Cc1cc(C)c(Nc2nncc(Nc3cccc(F)c3)n2)c(C)c1. The van der Waals surface area contributed by atoms with Crippen LogP contribution in [-0.2, 0) is 0 Å². The van der Waals surface area contributed by atoms with E-state index in [2.05, 4.69) is 44.9 Å². The maximum absolute atomic E-state index is 13.3. The van der Waals surface area contributed by atoms with E-state index >= 15 is 0 Å². The van der Waals surface area contributed by atoms with Crippen LogP contribution >= 0.6 is 0 Å². The molecule has 0 amide bonds. The van der Waals surface area contributed by atoms with E-state index in [1.807, 2.05) is 13.8 Å². The van der Waals surface area contributed by atoms with Crippen LogP contribution < -0.4 is 10.6 Å². The van der Waals surface area contributed by atoms with Crippen molar-refractivity contribution in [2.45, 2.75) is 20.8 Å². The van der Waals surface area contributed by atoms with Gasteiger partial charge in [0, 0.05) is 11.4 Å². The third kappa shape index (κ3) is 3.65. The van der Waals surface area contributed by atoms with Crippen molar-refractivity contribution in [1.29, 1.82) is 0 Å². The van der Waals surface area contributed by atoms with E-state index in [-0.39, 0.29) is 5.82 Å². The molecule has 1 heterocycles. The fourth-order valence-electron chi connectivity index (χ4n) is 2.62. The third-order valence-corrected chi connectivity index (χ3v) is 3.57. The van der Waals surface area contributed by atoms with Gasteiger partial charge in [-0.3, -0.25) is 0 Å². The molecule has 0 saturated carbocycles. The first-order valence-electron chi connectivity index (χ1n) is 7.58. The second-order valence-electron chi connectivity index (χ2n) is 5.70. The van der Waals surface area contributed by atoms with Crippen LogP contribution in [0.2, 0.25) is 0 Å². The lowest BCUT2D eigenvalue weighted by Gasteiger charge is -2.13. The molecule has 0 saturated heterocycles. The highest BCUT2D eigenvalue weighted by Crippen LogP contribution is 2.25. The van der Waals surface area contributed by atoms with Crippen molar-refractivity contribution >= 4 is 23.1 Å². The van der Waals surface area contributed by atoms with Gasteiger partial charge >= 0.3 is 0 Å². The van der Waals surface area contributed by atoms with Gasteiger partial charge in [0.05, 0.1) is 6.20 Å². The minimum Gasteiger partial charge on any atom is -0.339 e. The molecule has 2 N–H and O–H groups in total. The molecule has 0 fully saturated rings. The van der Waals surface area contributed by atoms with E-state index in [4.69, 9.17) is 0 Å². The van der Waals surface area contributed by atoms with Crippen molar-refractivity contribution in [2.75, 3.05) is 10.6 Å². The van der Waals surface area contributed by atoms with Gasteiger partial charge in [-0.2, -0.15) is 10.1 Å². The molecule has 0 bridgehead atoms. The maximum atomic E-state index is 13.3. The van der Waals surface area contributed by atoms with E-state index in [1.54, 1.807) is 12.1 Å². The Bertz CT molecular complexity index is 856. The smallest absolute Gasteiger partial charge is 0.249 e. The Morgan fingerprint density at radius 2 is 1.71 bits per heavy atom. The molecule has 2 aromatic carbocycles. The van der Waals surface area contributed by atoms with Crippen LogP contribution in [0.1, 0.15) is 16.7 Å². The van der Waals surface area contributed by atoms with Crippen molar-refractivity contribution in [3.8, 4) is 0 Å². The molecule has 0 unspecified atom stereocenters. The average molecular weight is 323 g/mol. The van der Waals surface area contributed by atoms with E-state index in [0.29, 0.717) is 17.5 Å². The molecule has 1 aromatic heterocycles. The molecule has 0 aliphatic carbocycles. The Morgan fingerprint density at radius 1 is 0.958 bits per heavy atom. The lowest BCUT2D eigenvalue weighted by molar-refractivity contribution is 0.628. The second-order valence-corrected chi connectivity index (χ2v) is 5.70.